The standard InChI is InChI=1S/C20H27N3O7/c1-13(2)10-16(20(26)29-3)21-18(24)12-30-19(25)15-11-14(23(27)28)6-7-17(15)22-8-4-5-9-22/h6-7,11,13,16H,4-5,8-10,12H2,1-3H3,(H,21,24)/t16-/m0/s1. The van der Waals surface area contributed by atoms with Gasteiger partial charge in [0.25, 0.3) is 11.6 Å². The van der Waals surface area contributed by atoms with Gasteiger partial charge in [0.05, 0.1) is 23.3 Å². The molecule has 1 aliphatic heterocycles. The minimum Gasteiger partial charge on any atom is -0.467 e. The molecule has 30 heavy (non-hydrogen) atoms. The first-order valence-electron chi connectivity index (χ1n) is 9.80. The zero-order valence-electron chi connectivity index (χ0n) is 17.4. The van der Waals surface area contributed by atoms with Crippen LogP contribution >= 0.6 is 0 Å². The van der Waals surface area contributed by atoms with Gasteiger partial charge in [-0.15, -0.1) is 0 Å². The summed E-state index contributed by atoms with van der Waals surface area (Å²) in [5, 5.41) is 13.6. The molecule has 1 aliphatic rings. The number of non-ortho nitro benzene ring substituents is 1. The molecule has 0 spiro atoms. The van der Waals surface area contributed by atoms with Crippen LogP contribution < -0.4 is 10.2 Å². The molecular weight excluding hydrogens is 394 g/mol. The van der Waals surface area contributed by atoms with E-state index in [-0.39, 0.29) is 17.2 Å². The van der Waals surface area contributed by atoms with Gasteiger partial charge < -0.3 is 19.7 Å². The van der Waals surface area contributed by atoms with E-state index in [9.17, 15) is 24.5 Å². The first kappa shape index (κ1) is 23.1. The monoisotopic (exact) mass is 421 g/mol. The topological polar surface area (TPSA) is 128 Å². The van der Waals surface area contributed by atoms with Crippen molar-refractivity contribution in [3.8, 4) is 0 Å². The number of hydrogen-bond donors (Lipinski definition) is 1. The molecule has 164 valence electrons. The molecule has 0 bridgehead atoms. The summed E-state index contributed by atoms with van der Waals surface area (Å²) in [6, 6.07) is 3.17. The summed E-state index contributed by atoms with van der Waals surface area (Å²) in [4.78, 5) is 49.1. The molecular formula is C20H27N3O7. The van der Waals surface area contributed by atoms with Crippen LogP contribution in [0.1, 0.15) is 43.5 Å². The molecule has 1 fully saturated rings. The van der Waals surface area contributed by atoms with Gasteiger partial charge in [0, 0.05) is 25.2 Å². The highest BCUT2D eigenvalue weighted by Gasteiger charge is 2.26. The van der Waals surface area contributed by atoms with E-state index < -0.39 is 35.4 Å². The summed E-state index contributed by atoms with van der Waals surface area (Å²) in [5.41, 5.74) is 0.332. The van der Waals surface area contributed by atoms with Crippen molar-refractivity contribution in [1.29, 1.82) is 0 Å². The Hall–Kier alpha value is -3.17. The molecule has 1 saturated heterocycles. The number of benzene rings is 1. The second kappa shape index (κ2) is 10.6. The third-order valence-electron chi connectivity index (χ3n) is 4.72. The van der Waals surface area contributed by atoms with E-state index >= 15 is 0 Å². The molecule has 0 saturated carbocycles. The van der Waals surface area contributed by atoms with Crippen molar-refractivity contribution < 1.29 is 28.8 Å². The van der Waals surface area contributed by atoms with Gasteiger partial charge in [0.15, 0.2) is 6.61 Å². The van der Waals surface area contributed by atoms with Crippen LogP contribution in [0.15, 0.2) is 18.2 Å². The van der Waals surface area contributed by atoms with E-state index in [1.54, 1.807) is 0 Å². The number of nitro benzene ring substituents is 1. The maximum atomic E-state index is 12.6. The van der Waals surface area contributed by atoms with Crippen LogP contribution in [0.25, 0.3) is 0 Å². The van der Waals surface area contributed by atoms with Gasteiger partial charge in [-0.25, -0.2) is 9.59 Å². The molecule has 0 radical (unpaired) electrons. The van der Waals surface area contributed by atoms with Gasteiger partial charge in [-0.2, -0.15) is 0 Å². The molecule has 0 unspecified atom stereocenters. The molecule has 10 nitrogen and oxygen atoms in total. The maximum Gasteiger partial charge on any atom is 0.341 e. The highest BCUT2D eigenvalue weighted by molar-refractivity contribution is 5.98. The highest BCUT2D eigenvalue weighted by atomic mass is 16.6. The number of hydrogen-bond acceptors (Lipinski definition) is 8. The summed E-state index contributed by atoms with van der Waals surface area (Å²) in [6.07, 6.45) is 2.29. The Bertz CT molecular complexity index is 804. The number of carbonyl (C=O) groups excluding carboxylic acids is 3. The van der Waals surface area contributed by atoms with Gasteiger partial charge >= 0.3 is 11.9 Å². The Morgan fingerprint density at radius 3 is 2.47 bits per heavy atom. The molecule has 1 atom stereocenters. The molecule has 0 aliphatic carbocycles. The lowest BCUT2D eigenvalue weighted by Crippen LogP contribution is -2.44. The fourth-order valence-corrected chi connectivity index (χ4v) is 3.31. The van der Waals surface area contributed by atoms with Crippen LogP contribution in [-0.4, -0.2) is 55.6 Å². The maximum absolute atomic E-state index is 12.6. The number of ether oxygens (including phenoxy) is 2. The first-order chi connectivity index (χ1) is 14.2. The first-order valence-corrected chi connectivity index (χ1v) is 9.80. The molecule has 1 aromatic carbocycles. The average molecular weight is 421 g/mol. The van der Waals surface area contributed by atoms with Gasteiger partial charge in [-0.3, -0.25) is 14.9 Å². The highest BCUT2D eigenvalue weighted by Crippen LogP contribution is 2.29. The molecule has 1 heterocycles. The van der Waals surface area contributed by atoms with Gasteiger partial charge in [-0.1, -0.05) is 13.8 Å². The molecule has 1 aromatic rings. The van der Waals surface area contributed by atoms with E-state index in [0.717, 1.165) is 32.0 Å². The lowest BCUT2D eigenvalue weighted by Gasteiger charge is -2.21. The van der Waals surface area contributed by atoms with Crippen LogP contribution in [0.3, 0.4) is 0 Å². The van der Waals surface area contributed by atoms with Crippen molar-refractivity contribution in [3.63, 3.8) is 0 Å². The molecule has 0 aromatic heterocycles. The minimum atomic E-state index is -0.848. The summed E-state index contributed by atoms with van der Waals surface area (Å²) in [7, 11) is 1.23. The average Bonchev–Trinajstić information content (AvgIpc) is 3.24. The van der Waals surface area contributed by atoms with Crippen LogP contribution in [-0.2, 0) is 19.1 Å². The number of esters is 2. The summed E-state index contributed by atoms with van der Waals surface area (Å²) in [5.74, 6) is -1.95. The van der Waals surface area contributed by atoms with Crippen molar-refractivity contribution in [2.24, 2.45) is 5.92 Å². The van der Waals surface area contributed by atoms with Gasteiger partial charge in [-0.05, 0) is 31.2 Å². The van der Waals surface area contributed by atoms with Gasteiger partial charge in [0.1, 0.15) is 6.04 Å². The number of nitrogens with one attached hydrogen (secondary N) is 1. The molecule has 10 heteroatoms. The number of nitro groups is 1. The Morgan fingerprint density at radius 1 is 1.23 bits per heavy atom. The van der Waals surface area contributed by atoms with Crippen molar-refractivity contribution in [1.82, 2.24) is 5.32 Å². The Balaban J connectivity index is 2.09. The molecule has 1 amide bonds. The van der Waals surface area contributed by atoms with E-state index in [4.69, 9.17) is 4.74 Å². The van der Waals surface area contributed by atoms with E-state index in [2.05, 4.69) is 10.1 Å². The molecule has 2 rings (SSSR count). The number of rotatable bonds is 9. The smallest absolute Gasteiger partial charge is 0.341 e. The number of carbonyl (C=O) groups is 3. The third-order valence-corrected chi connectivity index (χ3v) is 4.72. The Kier molecular flexibility index (Phi) is 8.14. The predicted octanol–water partition coefficient (Wildman–Crippen LogP) is 2.06. The SMILES string of the molecule is COC(=O)[C@H](CC(C)C)NC(=O)COC(=O)c1cc([N+](=O)[O-])ccc1N1CCCC1. The largest absolute Gasteiger partial charge is 0.467 e. The van der Waals surface area contributed by atoms with Gasteiger partial charge in [0.2, 0.25) is 0 Å². The zero-order valence-corrected chi connectivity index (χ0v) is 17.4. The predicted molar refractivity (Wildman–Crippen MR) is 108 cm³/mol. The number of methoxy groups -OCH3 is 1. The van der Waals surface area contributed by atoms with E-state index in [0.29, 0.717) is 12.1 Å². The second-order valence-electron chi connectivity index (χ2n) is 7.50. The van der Waals surface area contributed by atoms with Crippen molar-refractivity contribution >= 4 is 29.2 Å². The molecule has 1 N–H and O–H groups in total. The zero-order chi connectivity index (χ0) is 22.3. The lowest BCUT2D eigenvalue weighted by atomic mass is 10.0. The van der Waals surface area contributed by atoms with Crippen molar-refractivity contribution in [3.05, 3.63) is 33.9 Å². The Labute approximate surface area is 174 Å². The van der Waals surface area contributed by atoms with Crippen molar-refractivity contribution in [2.45, 2.75) is 39.2 Å². The second-order valence-corrected chi connectivity index (χ2v) is 7.50. The third kappa shape index (κ3) is 6.16. The van der Waals surface area contributed by atoms with Crippen LogP contribution in [0.2, 0.25) is 0 Å². The summed E-state index contributed by atoms with van der Waals surface area (Å²) < 4.78 is 9.78. The fourth-order valence-electron chi connectivity index (χ4n) is 3.31. The number of amides is 1. The van der Waals surface area contributed by atoms with Crippen LogP contribution in [0, 0.1) is 16.0 Å². The van der Waals surface area contributed by atoms with Crippen LogP contribution in [0.4, 0.5) is 11.4 Å². The number of nitrogens with zero attached hydrogens (tertiary/aromatic N) is 2. The summed E-state index contributed by atoms with van der Waals surface area (Å²) in [6.45, 7) is 4.63. The van der Waals surface area contributed by atoms with E-state index in [1.807, 2.05) is 18.7 Å². The fraction of sp³-hybridized carbons (Fsp3) is 0.550. The minimum absolute atomic E-state index is 0.0330. The normalized spacial score (nSPS) is 14.3. The van der Waals surface area contributed by atoms with Crippen molar-refractivity contribution in [2.75, 3.05) is 31.7 Å². The van der Waals surface area contributed by atoms with Crippen LogP contribution in [0.5, 0.6) is 0 Å². The van der Waals surface area contributed by atoms with E-state index in [1.165, 1.54) is 19.2 Å². The Morgan fingerprint density at radius 2 is 1.90 bits per heavy atom. The number of anilines is 1. The lowest BCUT2D eigenvalue weighted by molar-refractivity contribution is -0.384. The summed E-state index contributed by atoms with van der Waals surface area (Å²) >= 11 is 0. The quantitative estimate of drug-likeness (QED) is 0.364.